The molecule has 0 aromatic carbocycles. The third-order valence-electron chi connectivity index (χ3n) is 2.17. The molecule has 2 aromatic rings. The Bertz CT molecular complexity index is 429. The van der Waals surface area contributed by atoms with Gasteiger partial charge in [-0.2, -0.15) is 0 Å². The molecule has 5 heteroatoms. The fourth-order valence-electron chi connectivity index (χ4n) is 1.38. The van der Waals surface area contributed by atoms with Gasteiger partial charge in [-0.1, -0.05) is 4.49 Å². The Morgan fingerprint density at radius 1 is 1.40 bits per heavy atom. The van der Waals surface area contributed by atoms with E-state index in [1.165, 1.54) is 11.5 Å². The van der Waals surface area contributed by atoms with Gasteiger partial charge in [0.1, 0.15) is 0 Å². The molecule has 0 saturated carbocycles. The molecular formula is C10H11N3OS. The van der Waals surface area contributed by atoms with E-state index in [9.17, 15) is 5.11 Å². The van der Waals surface area contributed by atoms with Crippen molar-refractivity contribution in [1.82, 2.24) is 14.6 Å². The molecule has 0 aliphatic rings. The number of hydrogen-bond donors (Lipinski definition) is 1. The van der Waals surface area contributed by atoms with Crippen LogP contribution in [0.25, 0.3) is 0 Å². The topological polar surface area (TPSA) is 58.9 Å². The number of pyridine rings is 1. The van der Waals surface area contributed by atoms with Gasteiger partial charge in [-0.05, 0) is 36.2 Å². The Hall–Kier alpha value is -1.33. The SMILES string of the molecule is Cc1nnsc1C(O)Cc1ccncc1. The summed E-state index contributed by atoms with van der Waals surface area (Å²) >= 11 is 1.25. The highest BCUT2D eigenvalue weighted by atomic mass is 32.1. The standard InChI is InChI=1S/C10H11N3OS/c1-7-10(15-13-12-7)9(14)6-8-2-4-11-5-3-8/h2-5,9,14H,6H2,1H3. The van der Waals surface area contributed by atoms with Crippen LogP contribution >= 0.6 is 11.5 Å². The van der Waals surface area contributed by atoms with Crippen molar-refractivity contribution in [1.29, 1.82) is 0 Å². The highest BCUT2D eigenvalue weighted by Gasteiger charge is 2.14. The molecule has 0 spiro atoms. The Morgan fingerprint density at radius 3 is 2.73 bits per heavy atom. The van der Waals surface area contributed by atoms with E-state index in [2.05, 4.69) is 14.6 Å². The van der Waals surface area contributed by atoms with Crippen LogP contribution in [0.2, 0.25) is 0 Å². The van der Waals surface area contributed by atoms with Gasteiger partial charge < -0.3 is 5.11 Å². The quantitative estimate of drug-likeness (QED) is 0.853. The van der Waals surface area contributed by atoms with E-state index in [0.29, 0.717) is 6.42 Å². The molecule has 0 saturated heterocycles. The summed E-state index contributed by atoms with van der Waals surface area (Å²) in [6.45, 7) is 1.86. The van der Waals surface area contributed by atoms with E-state index >= 15 is 0 Å². The van der Waals surface area contributed by atoms with Crippen LogP contribution in [-0.4, -0.2) is 19.7 Å². The molecule has 0 aliphatic heterocycles. The van der Waals surface area contributed by atoms with Crippen molar-refractivity contribution >= 4 is 11.5 Å². The molecule has 15 heavy (non-hydrogen) atoms. The van der Waals surface area contributed by atoms with Crippen LogP contribution in [0.1, 0.15) is 22.2 Å². The first-order valence-electron chi connectivity index (χ1n) is 4.63. The fraction of sp³-hybridized carbons (Fsp3) is 0.300. The summed E-state index contributed by atoms with van der Waals surface area (Å²) in [5.74, 6) is 0. The largest absolute Gasteiger partial charge is 0.387 e. The number of nitrogens with zero attached hydrogens (tertiary/aromatic N) is 3. The van der Waals surface area contributed by atoms with Crippen molar-refractivity contribution in [2.45, 2.75) is 19.4 Å². The summed E-state index contributed by atoms with van der Waals surface area (Å²) in [6.07, 6.45) is 3.50. The first kappa shape index (κ1) is 10.2. The van der Waals surface area contributed by atoms with Crippen LogP contribution in [0.15, 0.2) is 24.5 Å². The van der Waals surface area contributed by atoms with E-state index in [1.807, 2.05) is 19.1 Å². The molecule has 2 heterocycles. The van der Waals surface area contributed by atoms with Crippen molar-refractivity contribution in [3.05, 3.63) is 40.7 Å². The Kier molecular flexibility index (Phi) is 3.03. The summed E-state index contributed by atoms with van der Waals surface area (Å²) in [5, 5.41) is 13.8. The number of aliphatic hydroxyl groups excluding tert-OH is 1. The lowest BCUT2D eigenvalue weighted by Gasteiger charge is -2.07. The van der Waals surface area contributed by atoms with Gasteiger partial charge in [0, 0.05) is 18.8 Å². The number of aliphatic hydroxyl groups is 1. The minimum absolute atomic E-state index is 0.521. The molecular weight excluding hydrogens is 210 g/mol. The summed E-state index contributed by atoms with van der Waals surface area (Å²) < 4.78 is 3.80. The van der Waals surface area contributed by atoms with Gasteiger partial charge in [0.05, 0.1) is 16.7 Å². The molecule has 2 rings (SSSR count). The van der Waals surface area contributed by atoms with Gasteiger partial charge in [0.15, 0.2) is 0 Å². The maximum Gasteiger partial charge on any atom is 0.0957 e. The predicted octanol–water partition coefficient (Wildman–Crippen LogP) is 1.52. The minimum atomic E-state index is -0.521. The van der Waals surface area contributed by atoms with E-state index in [-0.39, 0.29) is 0 Å². The molecule has 0 amide bonds. The normalized spacial score (nSPS) is 12.7. The maximum atomic E-state index is 9.95. The molecule has 78 valence electrons. The molecule has 1 N–H and O–H groups in total. The maximum absolute atomic E-state index is 9.95. The average molecular weight is 221 g/mol. The second kappa shape index (κ2) is 4.46. The minimum Gasteiger partial charge on any atom is -0.387 e. The van der Waals surface area contributed by atoms with Gasteiger partial charge in [0.2, 0.25) is 0 Å². The lowest BCUT2D eigenvalue weighted by atomic mass is 10.1. The van der Waals surface area contributed by atoms with E-state index in [4.69, 9.17) is 0 Å². The first-order valence-corrected chi connectivity index (χ1v) is 5.40. The summed E-state index contributed by atoms with van der Waals surface area (Å²) in [5.41, 5.74) is 1.87. The van der Waals surface area contributed by atoms with E-state index in [0.717, 1.165) is 16.1 Å². The van der Waals surface area contributed by atoms with E-state index in [1.54, 1.807) is 12.4 Å². The molecule has 4 nitrogen and oxygen atoms in total. The number of aryl methyl sites for hydroxylation is 1. The van der Waals surface area contributed by atoms with Gasteiger partial charge in [-0.25, -0.2) is 0 Å². The summed E-state index contributed by atoms with van der Waals surface area (Å²) in [7, 11) is 0. The molecule has 1 unspecified atom stereocenters. The van der Waals surface area contributed by atoms with Crippen molar-refractivity contribution in [3.63, 3.8) is 0 Å². The molecule has 0 bridgehead atoms. The van der Waals surface area contributed by atoms with Gasteiger partial charge in [-0.3, -0.25) is 4.98 Å². The Morgan fingerprint density at radius 2 is 2.13 bits per heavy atom. The van der Waals surface area contributed by atoms with E-state index < -0.39 is 6.10 Å². The number of hydrogen-bond acceptors (Lipinski definition) is 5. The number of aromatic nitrogens is 3. The van der Waals surface area contributed by atoms with Crippen molar-refractivity contribution in [2.24, 2.45) is 0 Å². The van der Waals surface area contributed by atoms with Crippen molar-refractivity contribution in [2.75, 3.05) is 0 Å². The second-order valence-corrected chi connectivity index (χ2v) is 4.08. The lowest BCUT2D eigenvalue weighted by Crippen LogP contribution is -2.01. The third kappa shape index (κ3) is 2.37. The van der Waals surface area contributed by atoms with Crippen LogP contribution in [0.5, 0.6) is 0 Å². The van der Waals surface area contributed by atoms with Gasteiger partial charge in [0.25, 0.3) is 0 Å². The van der Waals surface area contributed by atoms with Crippen LogP contribution < -0.4 is 0 Å². The van der Waals surface area contributed by atoms with Crippen LogP contribution in [0.3, 0.4) is 0 Å². The highest BCUT2D eigenvalue weighted by Crippen LogP contribution is 2.22. The second-order valence-electron chi connectivity index (χ2n) is 3.30. The predicted molar refractivity (Wildman–Crippen MR) is 57.5 cm³/mol. The highest BCUT2D eigenvalue weighted by molar-refractivity contribution is 7.05. The molecule has 0 fully saturated rings. The Labute approximate surface area is 91.8 Å². The Balaban J connectivity index is 2.11. The van der Waals surface area contributed by atoms with Crippen LogP contribution in [0, 0.1) is 6.92 Å². The zero-order valence-electron chi connectivity index (χ0n) is 8.29. The number of rotatable bonds is 3. The summed E-state index contributed by atoms with van der Waals surface area (Å²) in [6, 6.07) is 3.79. The van der Waals surface area contributed by atoms with Crippen LogP contribution in [0.4, 0.5) is 0 Å². The molecule has 1 atom stereocenters. The van der Waals surface area contributed by atoms with Crippen molar-refractivity contribution in [3.8, 4) is 0 Å². The third-order valence-corrected chi connectivity index (χ3v) is 3.10. The fourth-order valence-corrected chi connectivity index (χ4v) is 2.01. The zero-order chi connectivity index (χ0) is 10.7. The molecule has 0 aliphatic carbocycles. The lowest BCUT2D eigenvalue weighted by molar-refractivity contribution is 0.181. The molecule has 0 radical (unpaired) electrons. The van der Waals surface area contributed by atoms with Gasteiger partial charge in [-0.15, -0.1) is 5.10 Å². The average Bonchev–Trinajstić information content (AvgIpc) is 2.66. The van der Waals surface area contributed by atoms with Crippen LogP contribution in [-0.2, 0) is 6.42 Å². The smallest absolute Gasteiger partial charge is 0.0957 e. The monoisotopic (exact) mass is 221 g/mol. The zero-order valence-corrected chi connectivity index (χ0v) is 9.11. The van der Waals surface area contributed by atoms with Gasteiger partial charge >= 0.3 is 0 Å². The molecule has 2 aromatic heterocycles. The van der Waals surface area contributed by atoms with Crippen molar-refractivity contribution < 1.29 is 5.11 Å². The first-order chi connectivity index (χ1) is 7.27. The summed E-state index contributed by atoms with van der Waals surface area (Å²) in [4.78, 5) is 4.77.